The highest BCUT2D eigenvalue weighted by Crippen LogP contribution is 2.37. The molecule has 1 amide bonds. The Morgan fingerprint density at radius 1 is 1.32 bits per heavy atom. The van der Waals surface area contributed by atoms with Gasteiger partial charge in [-0.1, -0.05) is 37.3 Å². The van der Waals surface area contributed by atoms with E-state index in [-0.39, 0.29) is 17.3 Å². The molecule has 0 bridgehead atoms. The third-order valence-corrected chi connectivity index (χ3v) is 4.41. The zero-order chi connectivity index (χ0) is 20.1. The standard InChI is InChI=1S/C19H22FN5O3/c1-2-6-17(26)22-19-15-11-14(25(27)28)12-16(20)18(15)23-24(19)21-10-9-13-7-4-3-5-8-13/h3-5,7-8,11-12,19,21,23H,2,6,9-10H2,1H3,(H,22,26). The number of rotatable bonds is 8. The Bertz CT molecular complexity index is 862. The van der Waals surface area contributed by atoms with Crippen molar-refractivity contribution in [3.63, 3.8) is 0 Å². The highest BCUT2D eigenvalue weighted by molar-refractivity contribution is 5.77. The van der Waals surface area contributed by atoms with E-state index in [1.54, 1.807) is 0 Å². The van der Waals surface area contributed by atoms with E-state index in [1.807, 2.05) is 37.3 Å². The van der Waals surface area contributed by atoms with E-state index in [9.17, 15) is 19.3 Å². The van der Waals surface area contributed by atoms with E-state index in [0.717, 1.165) is 11.6 Å². The van der Waals surface area contributed by atoms with Crippen molar-refractivity contribution in [1.82, 2.24) is 15.9 Å². The molecule has 2 aromatic carbocycles. The first-order valence-corrected chi connectivity index (χ1v) is 9.10. The molecule has 8 nitrogen and oxygen atoms in total. The number of nitro benzene ring substituents is 1. The van der Waals surface area contributed by atoms with Crippen LogP contribution in [0.25, 0.3) is 0 Å². The van der Waals surface area contributed by atoms with Gasteiger partial charge in [0.2, 0.25) is 5.91 Å². The van der Waals surface area contributed by atoms with Gasteiger partial charge in [0, 0.05) is 24.6 Å². The van der Waals surface area contributed by atoms with Crippen molar-refractivity contribution in [3.05, 3.63) is 69.5 Å². The van der Waals surface area contributed by atoms with Crippen LogP contribution in [0.15, 0.2) is 42.5 Å². The van der Waals surface area contributed by atoms with Gasteiger partial charge in [-0.2, -0.15) is 0 Å². The monoisotopic (exact) mass is 387 g/mol. The molecule has 1 unspecified atom stereocenters. The van der Waals surface area contributed by atoms with E-state index in [4.69, 9.17) is 0 Å². The SMILES string of the molecule is CCCC(=O)NC1c2cc([N+](=O)[O-])cc(F)c2NN1NCCc1ccccc1. The number of nitro groups is 1. The average molecular weight is 387 g/mol. The van der Waals surface area contributed by atoms with Gasteiger partial charge < -0.3 is 10.7 Å². The van der Waals surface area contributed by atoms with Crippen LogP contribution in [0.2, 0.25) is 0 Å². The molecule has 3 rings (SSSR count). The number of fused-ring (bicyclic) bond motifs is 1. The van der Waals surface area contributed by atoms with E-state index >= 15 is 0 Å². The van der Waals surface area contributed by atoms with E-state index in [2.05, 4.69) is 16.2 Å². The van der Waals surface area contributed by atoms with Crippen molar-refractivity contribution < 1.29 is 14.1 Å². The summed E-state index contributed by atoms with van der Waals surface area (Å²) in [6.07, 6.45) is 0.914. The van der Waals surface area contributed by atoms with Crippen LogP contribution in [0.5, 0.6) is 0 Å². The summed E-state index contributed by atoms with van der Waals surface area (Å²) in [6.45, 7) is 2.40. The van der Waals surface area contributed by atoms with Crippen LogP contribution in [0.3, 0.4) is 0 Å². The van der Waals surface area contributed by atoms with Gasteiger partial charge in [0.1, 0.15) is 6.17 Å². The third kappa shape index (κ3) is 4.44. The molecule has 0 saturated heterocycles. The molecule has 1 aliphatic heterocycles. The predicted octanol–water partition coefficient (Wildman–Crippen LogP) is 3.04. The summed E-state index contributed by atoms with van der Waals surface area (Å²) >= 11 is 0. The maximum atomic E-state index is 14.4. The summed E-state index contributed by atoms with van der Waals surface area (Å²) in [6, 6.07) is 12.0. The zero-order valence-corrected chi connectivity index (χ0v) is 15.4. The Balaban J connectivity index is 1.79. The van der Waals surface area contributed by atoms with Crippen molar-refractivity contribution in [2.24, 2.45) is 0 Å². The molecular weight excluding hydrogens is 365 g/mol. The number of non-ortho nitro benzene ring substituents is 1. The maximum Gasteiger partial charge on any atom is 0.272 e. The lowest BCUT2D eigenvalue weighted by atomic mass is 10.1. The van der Waals surface area contributed by atoms with Crippen molar-refractivity contribution in [2.75, 3.05) is 12.0 Å². The van der Waals surface area contributed by atoms with Crippen LogP contribution in [0.4, 0.5) is 15.8 Å². The fourth-order valence-corrected chi connectivity index (χ4v) is 3.07. The number of hydrogen-bond donors (Lipinski definition) is 3. The highest BCUT2D eigenvalue weighted by atomic mass is 19.1. The van der Waals surface area contributed by atoms with Gasteiger partial charge in [0.05, 0.1) is 16.7 Å². The largest absolute Gasteiger partial charge is 0.334 e. The van der Waals surface area contributed by atoms with E-state index in [0.29, 0.717) is 31.4 Å². The number of nitrogens with zero attached hydrogens (tertiary/aromatic N) is 2. The van der Waals surface area contributed by atoms with Gasteiger partial charge in [-0.15, -0.1) is 5.12 Å². The van der Waals surface area contributed by atoms with Crippen LogP contribution < -0.4 is 16.2 Å². The topological polar surface area (TPSA) is 99.5 Å². The Kier molecular flexibility index (Phi) is 6.17. The smallest absolute Gasteiger partial charge is 0.272 e. The summed E-state index contributed by atoms with van der Waals surface area (Å²) < 4.78 is 14.4. The molecular formula is C19H22FN5O3. The molecule has 9 heteroatoms. The first kappa shape index (κ1) is 19.7. The first-order chi connectivity index (χ1) is 13.5. The van der Waals surface area contributed by atoms with Crippen LogP contribution in [0, 0.1) is 15.9 Å². The molecule has 28 heavy (non-hydrogen) atoms. The average Bonchev–Trinajstić information content (AvgIpc) is 3.01. The lowest BCUT2D eigenvalue weighted by Gasteiger charge is -2.26. The number of hydrogen-bond acceptors (Lipinski definition) is 6. The van der Waals surface area contributed by atoms with Gasteiger partial charge in [-0.3, -0.25) is 14.9 Å². The number of benzene rings is 2. The normalized spacial score (nSPS) is 15.7. The van der Waals surface area contributed by atoms with Crippen molar-refractivity contribution in [2.45, 2.75) is 32.4 Å². The molecule has 0 aromatic heterocycles. The second kappa shape index (κ2) is 8.77. The molecule has 0 fully saturated rings. The number of carbonyl (C=O) groups is 1. The van der Waals surface area contributed by atoms with E-state index in [1.165, 1.54) is 11.2 Å². The second-order valence-corrected chi connectivity index (χ2v) is 6.49. The summed E-state index contributed by atoms with van der Waals surface area (Å²) in [5, 5.41) is 15.4. The number of halogens is 1. The Morgan fingerprint density at radius 2 is 2.07 bits per heavy atom. The second-order valence-electron chi connectivity index (χ2n) is 6.49. The molecule has 0 saturated carbocycles. The van der Waals surface area contributed by atoms with Gasteiger partial charge in [0.25, 0.3) is 5.69 Å². The van der Waals surface area contributed by atoms with Gasteiger partial charge in [-0.25, -0.2) is 9.82 Å². The molecule has 3 N–H and O–H groups in total. The van der Waals surface area contributed by atoms with Crippen molar-refractivity contribution in [1.29, 1.82) is 0 Å². The summed E-state index contributed by atoms with van der Waals surface area (Å²) in [7, 11) is 0. The summed E-state index contributed by atoms with van der Waals surface area (Å²) in [5.74, 6) is -0.963. The van der Waals surface area contributed by atoms with E-state index < -0.39 is 16.9 Å². The van der Waals surface area contributed by atoms with Crippen LogP contribution in [0.1, 0.15) is 37.1 Å². The third-order valence-electron chi connectivity index (χ3n) is 4.41. The quantitative estimate of drug-likeness (QED) is 0.476. The fraction of sp³-hybridized carbons (Fsp3) is 0.316. The number of nitrogens with one attached hydrogen (secondary N) is 3. The lowest BCUT2D eigenvalue weighted by molar-refractivity contribution is -0.385. The Morgan fingerprint density at radius 3 is 2.75 bits per heavy atom. The summed E-state index contributed by atoms with van der Waals surface area (Å²) in [4.78, 5) is 22.6. The molecule has 1 heterocycles. The van der Waals surface area contributed by atoms with Gasteiger partial charge in [-0.05, 0) is 18.4 Å². The molecule has 0 radical (unpaired) electrons. The molecule has 2 aromatic rings. The minimum absolute atomic E-state index is 0.111. The number of carbonyl (C=O) groups excluding carboxylic acids is 1. The molecule has 0 aliphatic carbocycles. The highest BCUT2D eigenvalue weighted by Gasteiger charge is 2.35. The van der Waals surface area contributed by atoms with Gasteiger partial charge >= 0.3 is 0 Å². The van der Waals surface area contributed by atoms with Crippen molar-refractivity contribution in [3.8, 4) is 0 Å². The Hall–Kier alpha value is -3.04. The predicted molar refractivity (Wildman–Crippen MR) is 102 cm³/mol. The maximum absolute atomic E-state index is 14.4. The zero-order valence-electron chi connectivity index (χ0n) is 15.4. The minimum atomic E-state index is -0.765. The molecule has 1 atom stereocenters. The van der Waals surface area contributed by atoms with Crippen LogP contribution in [-0.2, 0) is 11.2 Å². The number of hydrazine groups is 2. The lowest BCUT2D eigenvalue weighted by Crippen LogP contribution is -2.48. The first-order valence-electron chi connectivity index (χ1n) is 9.10. The molecule has 148 valence electrons. The molecule has 0 spiro atoms. The minimum Gasteiger partial charge on any atom is -0.334 e. The Labute approximate surface area is 161 Å². The van der Waals surface area contributed by atoms with Gasteiger partial charge in [0.15, 0.2) is 5.82 Å². The number of anilines is 1. The fourth-order valence-electron chi connectivity index (χ4n) is 3.07. The van der Waals surface area contributed by atoms with Crippen LogP contribution in [-0.4, -0.2) is 22.5 Å². The summed E-state index contributed by atoms with van der Waals surface area (Å²) in [5.41, 5.74) is 7.17. The number of amides is 1. The van der Waals surface area contributed by atoms with Crippen LogP contribution >= 0.6 is 0 Å². The van der Waals surface area contributed by atoms with Crippen molar-refractivity contribution >= 4 is 17.3 Å². The molecule has 1 aliphatic rings.